The fourth-order valence-corrected chi connectivity index (χ4v) is 1.50. The van der Waals surface area contributed by atoms with Crippen LogP contribution in [0.1, 0.15) is 20.3 Å². The van der Waals surface area contributed by atoms with E-state index in [9.17, 15) is 0 Å². The van der Waals surface area contributed by atoms with Gasteiger partial charge in [0, 0.05) is 18.5 Å². The molecule has 0 aromatic carbocycles. The number of rotatable bonds is 4. The molecule has 3 nitrogen and oxygen atoms in total. The highest BCUT2D eigenvalue weighted by molar-refractivity contribution is 6.11. The van der Waals surface area contributed by atoms with Crippen LogP contribution in [0.5, 0.6) is 0 Å². The van der Waals surface area contributed by atoms with Crippen LogP contribution in [0.25, 0.3) is 0 Å². The van der Waals surface area contributed by atoms with Crippen LogP contribution in [0, 0.1) is 5.92 Å². The molecule has 1 aliphatic rings. The maximum atomic E-state index is 9.03. The van der Waals surface area contributed by atoms with E-state index in [1.165, 1.54) is 0 Å². The molecule has 1 aliphatic heterocycles. The highest BCUT2D eigenvalue weighted by Crippen LogP contribution is 2.24. The minimum atomic E-state index is -0.238. The second-order valence-corrected chi connectivity index (χ2v) is 3.77. The van der Waals surface area contributed by atoms with E-state index in [2.05, 4.69) is 0 Å². The normalized spacial score (nSPS) is 34.3. The molecular weight excluding hydrogens is 167 g/mol. The second kappa shape index (κ2) is 4.98. The fourth-order valence-electron chi connectivity index (χ4n) is 1.50. The lowest BCUT2D eigenvalue weighted by atomic mass is 9.91. The van der Waals surface area contributed by atoms with Crippen molar-refractivity contribution in [3.05, 3.63) is 0 Å². The molecule has 13 heavy (non-hydrogen) atoms. The third-order valence-corrected chi connectivity index (χ3v) is 2.24. The van der Waals surface area contributed by atoms with E-state index < -0.39 is 0 Å². The average Bonchev–Trinajstić information content (AvgIpc) is 2.42. The Balaban J connectivity index is 2.31. The van der Waals surface area contributed by atoms with Crippen LogP contribution in [0.15, 0.2) is 0 Å². The topological polar surface area (TPSA) is 38.7 Å². The molecule has 1 N–H and O–H groups in total. The van der Waals surface area contributed by atoms with E-state index in [4.69, 9.17) is 22.4 Å². The van der Waals surface area contributed by atoms with Crippen molar-refractivity contribution in [3.8, 4) is 0 Å². The molecule has 0 aromatic rings. The smallest absolute Gasteiger partial charge is 0.109 e. The first kappa shape index (κ1) is 11.0. The molecule has 0 saturated carbocycles. The molecule has 3 atom stereocenters. The maximum Gasteiger partial charge on any atom is 0.109 e. The minimum Gasteiger partial charge on any atom is -0.396 e. The fraction of sp³-hybridized carbons (Fsp3) is 1.00. The summed E-state index contributed by atoms with van der Waals surface area (Å²) in [6.45, 7) is 4.60. The van der Waals surface area contributed by atoms with Crippen molar-refractivity contribution >= 4 is 7.85 Å². The molecule has 0 aliphatic carbocycles. The van der Waals surface area contributed by atoms with Crippen LogP contribution in [0.4, 0.5) is 0 Å². The van der Waals surface area contributed by atoms with E-state index in [-0.39, 0.29) is 30.7 Å². The first-order valence-electron chi connectivity index (χ1n) is 4.77. The summed E-state index contributed by atoms with van der Waals surface area (Å²) in [5.74, 6) is 0.133. The van der Waals surface area contributed by atoms with Gasteiger partial charge in [-0.1, -0.05) is 0 Å². The van der Waals surface area contributed by atoms with Gasteiger partial charge in [0.15, 0.2) is 0 Å². The third-order valence-electron chi connectivity index (χ3n) is 2.24. The summed E-state index contributed by atoms with van der Waals surface area (Å²) in [6.07, 6.45) is 0.880. The van der Waals surface area contributed by atoms with Gasteiger partial charge in [0.2, 0.25) is 0 Å². The Hall–Kier alpha value is -0.0551. The Morgan fingerprint density at radius 3 is 2.85 bits per heavy atom. The van der Waals surface area contributed by atoms with Gasteiger partial charge in [-0.3, -0.25) is 0 Å². The zero-order valence-corrected chi connectivity index (χ0v) is 8.27. The first-order chi connectivity index (χ1) is 6.13. The molecule has 0 amide bonds. The van der Waals surface area contributed by atoms with Crippen molar-refractivity contribution in [3.63, 3.8) is 0 Å². The summed E-state index contributed by atoms with van der Waals surface area (Å²) in [6, 6.07) is -0.238. The molecule has 0 aromatic heterocycles. The summed E-state index contributed by atoms with van der Waals surface area (Å²) in [5, 5.41) is 9.03. The predicted molar refractivity (Wildman–Crippen MR) is 50.7 cm³/mol. The molecule has 4 heteroatoms. The van der Waals surface area contributed by atoms with Crippen molar-refractivity contribution in [1.82, 2.24) is 0 Å². The molecule has 1 rings (SSSR count). The quantitative estimate of drug-likeness (QED) is 0.638. The largest absolute Gasteiger partial charge is 0.396 e. The summed E-state index contributed by atoms with van der Waals surface area (Å²) < 4.78 is 10.8. The Labute approximate surface area is 80.8 Å². The van der Waals surface area contributed by atoms with Crippen LogP contribution in [-0.2, 0) is 9.47 Å². The number of hydrogen-bond acceptors (Lipinski definition) is 3. The summed E-state index contributed by atoms with van der Waals surface area (Å²) >= 11 is 0. The molecule has 0 spiro atoms. The third kappa shape index (κ3) is 3.29. The summed E-state index contributed by atoms with van der Waals surface area (Å²) in [7, 11) is 5.61. The van der Waals surface area contributed by atoms with Crippen LogP contribution < -0.4 is 0 Å². The number of aliphatic hydroxyl groups excluding tert-OH is 1. The number of ether oxygens (including phenoxy) is 2. The molecule has 1 unspecified atom stereocenters. The highest BCUT2D eigenvalue weighted by Gasteiger charge is 2.32. The Morgan fingerprint density at radius 2 is 2.31 bits per heavy atom. The molecular formula is C9H17BO3. The van der Waals surface area contributed by atoms with Gasteiger partial charge in [-0.25, -0.2) is 0 Å². The Morgan fingerprint density at radius 1 is 1.62 bits per heavy atom. The van der Waals surface area contributed by atoms with Crippen LogP contribution in [-0.4, -0.2) is 44.4 Å². The van der Waals surface area contributed by atoms with Gasteiger partial charge in [0.05, 0.1) is 18.8 Å². The van der Waals surface area contributed by atoms with Crippen molar-refractivity contribution in [2.24, 2.45) is 5.92 Å². The van der Waals surface area contributed by atoms with Crippen LogP contribution in [0.2, 0.25) is 0 Å². The van der Waals surface area contributed by atoms with Gasteiger partial charge in [0.1, 0.15) is 7.85 Å². The van der Waals surface area contributed by atoms with Gasteiger partial charge >= 0.3 is 0 Å². The molecule has 1 heterocycles. The maximum absolute atomic E-state index is 9.03. The van der Waals surface area contributed by atoms with Gasteiger partial charge in [0.25, 0.3) is 0 Å². The monoisotopic (exact) mass is 184 g/mol. The SMILES string of the molecule is [B][C@H]1CC(CO)[C@@H](COC(C)C)O1. The zero-order chi connectivity index (χ0) is 9.84. The van der Waals surface area contributed by atoms with E-state index in [0.717, 1.165) is 6.42 Å². The highest BCUT2D eigenvalue weighted by atomic mass is 16.5. The number of hydrogen-bond donors (Lipinski definition) is 1. The summed E-state index contributed by atoms with van der Waals surface area (Å²) in [5.41, 5.74) is 0. The Bertz CT molecular complexity index is 152. The van der Waals surface area contributed by atoms with Gasteiger partial charge in [-0.15, -0.1) is 0 Å². The van der Waals surface area contributed by atoms with Crippen molar-refractivity contribution in [2.45, 2.75) is 38.5 Å². The molecule has 1 saturated heterocycles. The van der Waals surface area contributed by atoms with Crippen LogP contribution >= 0.6 is 0 Å². The lowest BCUT2D eigenvalue weighted by Gasteiger charge is -2.18. The second-order valence-electron chi connectivity index (χ2n) is 3.77. The molecule has 2 radical (unpaired) electrons. The average molecular weight is 184 g/mol. The Kier molecular flexibility index (Phi) is 4.23. The lowest BCUT2D eigenvalue weighted by Crippen LogP contribution is -2.26. The van der Waals surface area contributed by atoms with E-state index in [1.807, 2.05) is 13.8 Å². The van der Waals surface area contributed by atoms with Crippen molar-refractivity contribution in [2.75, 3.05) is 13.2 Å². The number of aliphatic hydroxyl groups is 1. The predicted octanol–water partition coefficient (Wildman–Crippen LogP) is 0.303. The van der Waals surface area contributed by atoms with Gasteiger partial charge < -0.3 is 14.6 Å². The minimum absolute atomic E-state index is 0.0394. The van der Waals surface area contributed by atoms with E-state index >= 15 is 0 Å². The van der Waals surface area contributed by atoms with Crippen molar-refractivity contribution < 1.29 is 14.6 Å². The molecule has 74 valence electrons. The standard InChI is InChI=1S/C9H17BO3/c1-6(2)12-5-8-7(4-11)3-9(10)13-8/h6-9,11H,3-5H2,1-2H3/t7?,8-,9-/m1/s1. The summed E-state index contributed by atoms with van der Waals surface area (Å²) in [4.78, 5) is 0. The molecule has 1 fully saturated rings. The van der Waals surface area contributed by atoms with Crippen LogP contribution in [0.3, 0.4) is 0 Å². The van der Waals surface area contributed by atoms with Crippen molar-refractivity contribution in [1.29, 1.82) is 0 Å². The van der Waals surface area contributed by atoms with Gasteiger partial charge in [-0.05, 0) is 20.3 Å². The van der Waals surface area contributed by atoms with E-state index in [1.54, 1.807) is 0 Å². The first-order valence-corrected chi connectivity index (χ1v) is 4.77. The lowest BCUT2D eigenvalue weighted by molar-refractivity contribution is -0.0338. The van der Waals surface area contributed by atoms with Gasteiger partial charge in [-0.2, -0.15) is 0 Å². The van der Waals surface area contributed by atoms with E-state index in [0.29, 0.717) is 6.61 Å². The zero-order valence-electron chi connectivity index (χ0n) is 8.27. The molecule has 0 bridgehead atoms.